The molecule has 0 spiro atoms. The molecule has 1 atom stereocenters. The Morgan fingerprint density at radius 2 is 1.81 bits per heavy atom. The maximum absolute atomic E-state index is 12.6. The second kappa shape index (κ2) is 8.61. The molecule has 5 heteroatoms. The lowest BCUT2D eigenvalue weighted by Crippen LogP contribution is -2.23. The van der Waals surface area contributed by atoms with Gasteiger partial charge in [0, 0.05) is 22.2 Å². The molecule has 0 aliphatic heterocycles. The number of nitrogens with one attached hydrogen (secondary N) is 2. The lowest BCUT2D eigenvalue weighted by molar-refractivity contribution is -0.117. The molecule has 4 nitrogen and oxygen atoms in total. The topological polar surface area (TPSA) is 58.2 Å². The minimum absolute atomic E-state index is 0.00453. The number of amides is 2. The van der Waals surface area contributed by atoms with E-state index in [0.717, 1.165) is 46.7 Å². The Balaban J connectivity index is 1.58. The molecule has 1 fully saturated rings. The van der Waals surface area contributed by atoms with Gasteiger partial charge < -0.3 is 10.6 Å². The number of hydrogen-bond donors (Lipinski definition) is 2. The highest BCUT2D eigenvalue weighted by molar-refractivity contribution is 8.00. The first-order valence-electron chi connectivity index (χ1n) is 9.45. The summed E-state index contributed by atoms with van der Waals surface area (Å²) in [5.74, 6) is 0.292. The summed E-state index contributed by atoms with van der Waals surface area (Å²) in [7, 11) is 0. The molecule has 0 radical (unpaired) electrons. The molecule has 0 saturated heterocycles. The fourth-order valence-corrected chi connectivity index (χ4v) is 3.76. The summed E-state index contributed by atoms with van der Waals surface area (Å²) in [5.41, 5.74) is 3.96. The number of rotatable bonds is 7. The van der Waals surface area contributed by atoms with E-state index in [4.69, 9.17) is 0 Å². The molecule has 0 bridgehead atoms. The highest BCUT2D eigenvalue weighted by Gasteiger charge is 2.29. The van der Waals surface area contributed by atoms with Gasteiger partial charge >= 0.3 is 0 Å². The predicted octanol–water partition coefficient (Wildman–Crippen LogP) is 5.03. The molecule has 0 aromatic heterocycles. The fourth-order valence-electron chi connectivity index (χ4n) is 2.89. The third-order valence-corrected chi connectivity index (χ3v) is 5.85. The van der Waals surface area contributed by atoms with Crippen LogP contribution in [0, 0.1) is 12.8 Å². The monoisotopic (exact) mass is 382 g/mol. The van der Waals surface area contributed by atoms with Crippen LogP contribution in [0.15, 0.2) is 47.4 Å². The van der Waals surface area contributed by atoms with E-state index >= 15 is 0 Å². The van der Waals surface area contributed by atoms with Crippen LogP contribution in [0.5, 0.6) is 0 Å². The van der Waals surface area contributed by atoms with Gasteiger partial charge in [-0.25, -0.2) is 0 Å². The van der Waals surface area contributed by atoms with Crippen LogP contribution in [0.2, 0.25) is 0 Å². The summed E-state index contributed by atoms with van der Waals surface area (Å²) < 4.78 is 0. The van der Waals surface area contributed by atoms with Gasteiger partial charge in [-0.05, 0) is 68.5 Å². The quantitative estimate of drug-likeness (QED) is 0.661. The predicted molar refractivity (Wildman–Crippen MR) is 112 cm³/mol. The molecule has 0 heterocycles. The van der Waals surface area contributed by atoms with E-state index in [0.29, 0.717) is 0 Å². The third-order valence-electron chi connectivity index (χ3n) is 4.74. The molecule has 1 aliphatic rings. The van der Waals surface area contributed by atoms with Gasteiger partial charge in [-0.2, -0.15) is 0 Å². The van der Waals surface area contributed by atoms with Crippen molar-refractivity contribution in [1.29, 1.82) is 0 Å². The maximum atomic E-state index is 12.6. The molecule has 2 amide bonds. The van der Waals surface area contributed by atoms with Crippen molar-refractivity contribution in [2.45, 2.75) is 50.2 Å². The van der Waals surface area contributed by atoms with Crippen molar-refractivity contribution in [3.8, 4) is 0 Å². The van der Waals surface area contributed by atoms with E-state index in [1.165, 1.54) is 11.8 Å². The molecular formula is C22H26N2O2S. The van der Waals surface area contributed by atoms with Gasteiger partial charge in [-0.1, -0.05) is 25.1 Å². The number of thioether (sulfide) groups is 1. The lowest BCUT2D eigenvalue weighted by Gasteiger charge is -2.16. The molecule has 2 aromatic rings. The Kier molecular flexibility index (Phi) is 6.22. The van der Waals surface area contributed by atoms with Crippen LogP contribution in [-0.4, -0.2) is 17.1 Å². The van der Waals surface area contributed by atoms with Crippen LogP contribution in [0.1, 0.15) is 37.8 Å². The Morgan fingerprint density at radius 3 is 2.44 bits per heavy atom. The van der Waals surface area contributed by atoms with E-state index in [1.807, 2.05) is 50.2 Å². The van der Waals surface area contributed by atoms with E-state index in [9.17, 15) is 9.59 Å². The standard InChI is InChI=1S/C22H26N2O2S/c1-4-16-7-5-6-14(2)20(16)24-21(25)15(3)27-19-12-10-18(11-13-19)23-22(26)17-8-9-17/h5-7,10-13,15,17H,4,8-9H2,1-3H3,(H,23,26)(H,24,25). The first-order valence-corrected chi connectivity index (χ1v) is 10.3. The Bertz CT molecular complexity index is 829. The van der Waals surface area contributed by atoms with Crippen LogP contribution in [0.25, 0.3) is 0 Å². The average Bonchev–Trinajstić information content (AvgIpc) is 3.50. The van der Waals surface area contributed by atoms with Gasteiger partial charge in [0.2, 0.25) is 11.8 Å². The van der Waals surface area contributed by atoms with Gasteiger partial charge in [-0.15, -0.1) is 11.8 Å². The second-order valence-electron chi connectivity index (χ2n) is 7.00. The largest absolute Gasteiger partial charge is 0.326 e. The number of para-hydroxylation sites is 1. The summed E-state index contributed by atoms with van der Waals surface area (Å²) in [6.45, 7) is 6.01. The number of aryl methyl sites for hydroxylation is 2. The smallest absolute Gasteiger partial charge is 0.237 e. The summed E-state index contributed by atoms with van der Waals surface area (Å²) in [6, 6.07) is 13.8. The molecule has 1 unspecified atom stereocenters. The normalized spacial score (nSPS) is 14.5. The number of benzene rings is 2. The summed E-state index contributed by atoms with van der Waals surface area (Å²) in [6.07, 6.45) is 2.87. The van der Waals surface area contributed by atoms with Crippen molar-refractivity contribution in [3.05, 3.63) is 53.6 Å². The number of carbonyl (C=O) groups is 2. The number of hydrogen-bond acceptors (Lipinski definition) is 3. The van der Waals surface area contributed by atoms with Gasteiger partial charge in [0.05, 0.1) is 5.25 Å². The zero-order chi connectivity index (χ0) is 19.4. The van der Waals surface area contributed by atoms with E-state index in [-0.39, 0.29) is 23.0 Å². The zero-order valence-electron chi connectivity index (χ0n) is 16.0. The molecule has 2 N–H and O–H groups in total. The van der Waals surface area contributed by atoms with Crippen molar-refractivity contribution in [1.82, 2.24) is 0 Å². The lowest BCUT2D eigenvalue weighted by atomic mass is 10.1. The Morgan fingerprint density at radius 1 is 1.11 bits per heavy atom. The molecule has 3 rings (SSSR count). The van der Waals surface area contributed by atoms with Crippen LogP contribution in [0.3, 0.4) is 0 Å². The number of carbonyl (C=O) groups excluding carboxylic acids is 2. The first kappa shape index (κ1) is 19.5. The van der Waals surface area contributed by atoms with Crippen molar-refractivity contribution in [2.75, 3.05) is 10.6 Å². The van der Waals surface area contributed by atoms with Gasteiger partial charge in [0.1, 0.15) is 0 Å². The number of anilines is 2. The van der Waals surface area contributed by atoms with E-state index in [1.54, 1.807) is 0 Å². The van der Waals surface area contributed by atoms with Gasteiger partial charge in [0.25, 0.3) is 0 Å². The third kappa shape index (κ3) is 5.13. The van der Waals surface area contributed by atoms with Gasteiger partial charge in [0.15, 0.2) is 0 Å². The van der Waals surface area contributed by atoms with Crippen LogP contribution >= 0.6 is 11.8 Å². The second-order valence-corrected chi connectivity index (χ2v) is 8.41. The van der Waals surface area contributed by atoms with Crippen molar-refractivity contribution < 1.29 is 9.59 Å². The minimum atomic E-state index is -0.221. The first-order chi connectivity index (χ1) is 13.0. The molecule has 2 aromatic carbocycles. The van der Waals surface area contributed by atoms with Crippen LogP contribution in [-0.2, 0) is 16.0 Å². The molecule has 27 heavy (non-hydrogen) atoms. The van der Waals surface area contributed by atoms with E-state index < -0.39 is 0 Å². The molecular weight excluding hydrogens is 356 g/mol. The van der Waals surface area contributed by atoms with Crippen molar-refractivity contribution in [3.63, 3.8) is 0 Å². The van der Waals surface area contributed by atoms with Crippen molar-refractivity contribution in [2.24, 2.45) is 5.92 Å². The Hall–Kier alpha value is -2.27. The summed E-state index contributed by atoms with van der Waals surface area (Å²) in [5, 5.41) is 5.80. The molecule has 1 saturated carbocycles. The highest BCUT2D eigenvalue weighted by atomic mass is 32.2. The summed E-state index contributed by atoms with van der Waals surface area (Å²) >= 11 is 1.51. The Labute approximate surface area is 165 Å². The van der Waals surface area contributed by atoms with Crippen LogP contribution in [0.4, 0.5) is 11.4 Å². The van der Waals surface area contributed by atoms with E-state index in [2.05, 4.69) is 23.6 Å². The fraction of sp³-hybridized carbons (Fsp3) is 0.364. The SMILES string of the molecule is CCc1cccc(C)c1NC(=O)C(C)Sc1ccc(NC(=O)C2CC2)cc1. The average molecular weight is 383 g/mol. The zero-order valence-corrected chi connectivity index (χ0v) is 16.9. The maximum Gasteiger partial charge on any atom is 0.237 e. The summed E-state index contributed by atoms with van der Waals surface area (Å²) in [4.78, 5) is 25.5. The molecule has 1 aliphatic carbocycles. The van der Waals surface area contributed by atoms with Crippen molar-refractivity contribution >= 4 is 35.0 Å². The molecule has 142 valence electrons. The van der Waals surface area contributed by atoms with Crippen LogP contribution < -0.4 is 10.6 Å². The van der Waals surface area contributed by atoms with Gasteiger partial charge in [-0.3, -0.25) is 9.59 Å². The highest BCUT2D eigenvalue weighted by Crippen LogP contribution is 2.31. The minimum Gasteiger partial charge on any atom is -0.326 e.